The number of hydrogen-bond acceptors (Lipinski definition) is 3. The van der Waals surface area contributed by atoms with E-state index in [9.17, 15) is 4.79 Å². The Hall–Kier alpha value is -2.35. The Morgan fingerprint density at radius 2 is 2.00 bits per heavy atom. The Morgan fingerprint density at radius 1 is 1.27 bits per heavy atom. The van der Waals surface area contributed by atoms with E-state index in [1.807, 2.05) is 12.1 Å². The van der Waals surface area contributed by atoms with Crippen LogP contribution < -0.4 is 5.32 Å². The summed E-state index contributed by atoms with van der Waals surface area (Å²) in [6.07, 6.45) is 4.66. The molecule has 0 unspecified atom stereocenters. The maximum absolute atomic E-state index is 12.1. The first kappa shape index (κ1) is 16.0. The fourth-order valence-electron chi connectivity index (χ4n) is 1.72. The molecule has 22 heavy (non-hydrogen) atoms. The van der Waals surface area contributed by atoms with E-state index in [1.165, 1.54) is 6.08 Å². The SMILES string of the molecule is N#C/C(=C\c1c(Cl)cccc1Cl)C(=O)NCc1cccnc1. The molecule has 0 aliphatic rings. The third-order valence-electron chi connectivity index (χ3n) is 2.83. The zero-order valence-electron chi connectivity index (χ0n) is 11.4. The zero-order chi connectivity index (χ0) is 15.9. The van der Waals surface area contributed by atoms with Gasteiger partial charge in [0.2, 0.25) is 0 Å². The number of benzene rings is 1. The molecule has 1 N–H and O–H groups in total. The van der Waals surface area contributed by atoms with Gasteiger partial charge in [0.25, 0.3) is 5.91 Å². The summed E-state index contributed by atoms with van der Waals surface area (Å²) in [5.41, 5.74) is 1.21. The van der Waals surface area contributed by atoms with Gasteiger partial charge in [-0.1, -0.05) is 35.3 Å². The van der Waals surface area contributed by atoms with Crippen molar-refractivity contribution in [3.05, 3.63) is 69.5 Å². The van der Waals surface area contributed by atoms with Gasteiger partial charge < -0.3 is 5.32 Å². The number of carbonyl (C=O) groups excluding carboxylic acids is 1. The Balaban J connectivity index is 2.16. The molecular weight excluding hydrogens is 321 g/mol. The Bertz CT molecular complexity index is 731. The average Bonchev–Trinajstić information content (AvgIpc) is 2.53. The number of nitrogens with one attached hydrogen (secondary N) is 1. The molecule has 0 atom stereocenters. The lowest BCUT2D eigenvalue weighted by atomic mass is 10.1. The molecule has 0 spiro atoms. The molecule has 110 valence electrons. The van der Waals surface area contributed by atoms with E-state index in [0.717, 1.165) is 5.56 Å². The van der Waals surface area contributed by atoms with Gasteiger partial charge in [-0.2, -0.15) is 5.26 Å². The van der Waals surface area contributed by atoms with Crippen LogP contribution in [0.5, 0.6) is 0 Å². The van der Waals surface area contributed by atoms with Crippen LogP contribution in [0.3, 0.4) is 0 Å². The van der Waals surface area contributed by atoms with Crippen LogP contribution in [0.25, 0.3) is 6.08 Å². The third-order valence-corrected chi connectivity index (χ3v) is 3.49. The molecule has 1 amide bonds. The van der Waals surface area contributed by atoms with Crippen LogP contribution >= 0.6 is 23.2 Å². The van der Waals surface area contributed by atoms with Crippen LogP contribution in [0.1, 0.15) is 11.1 Å². The standard InChI is InChI=1S/C16H11Cl2N3O/c17-14-4-1-5-15(18)13(14)7-12(8-19)16(22)21-10-11-3-2-6-20-9-11/h1-7,9H,10H2,(H,21,22)/b12-7+. The van der Waals surface area contributed by atoms with Gasteiger partial charge in [-0.05, 0) is 29.8 Å². The topological polar surface area (TPSA) is 65.8 Å². The number of nitriles is 1. The van der Waals surface area contributed by atoms with Crippen molar-refractivity contribution in [2.75, 3.05) is 0 Å². The molecule has 2 rings (SSSR count). The number of halogens is 2. The molecule has 0 saturated carbocycles. The molecule has 0 saturated heterocycles. The lowest BCUT2D eigenvalue weighted by molar-refractivity contribution is -0.117. The van der Waals surface area contributed by atoms with Crippen LogP contribution in [-0.2, 0) is 11.3 Å². The summed E-state index contributed by atoms with van der Waals surface area (Å²) in [7, 11) is 0. The van der Waals surface area contributed by atoms with Crippen LogP contribution in [0.15, 0.2) is 48.3 Å². The molecule has 1 heterocycles. The van der Waals surface area contributed by atoms with Crippen LogP contribution in [-0.4, -0.2) is 10.9 Å². The number of carbonyl (C=O) groups is 1. The van der Waals surface area contributed by atoms with Crippen molar-refractivity contribution < 1.29 is 4.79 Å². The highest BCUT2D eigenvalue weighted by Crippen LogP contribution is 2.26. The summed E-state index contributed by atoms with van der Waals surface area (Å²) in [4.78, 5) is 16.0. The fraction of sp³-hybridized carbons (Fsp3) is 0.0625. The van der Waals surface area contributed by atoms with Crippen molar-refractivity contribution in [1.82, 2.24) is 10.3 Å². The summed E-state index contributed by atoms with van der Waals surface area (Å²) in [6, 6.07) is 10.4. The molecule has 1 aromatic heterocycles. The van der Waals surface area contributed by atoms with Crippen molar-refractivity contribution in [3.8, 4) is 6.07 Å². The number of nitrogens with zero attached hydrogens (tertiary/aromatic N) is 2. The van der Waals surface area contributed by atoms with Gasteiger partial charge in [-0.15, -0.1) is 0 Å². The number of hydrogen-bond donors (Lipinski definition) is 1. The summed E-state index contributed by atoms with van der Waals surface area (Å²) in [5.74, 6) is -0.498. The lowest BCUT2D eigenvalue weighted by Crippen LogP contribution is -2.24. The molecule has 0 bridgehead atoms. The maximum Gasteiger partial charge on any atom is 0.262 e. The number of pyridine rings is 1. The smallest absolute Gasteiger partial charge is 0.262 e. The second-order valence-electron chi connectivity index (χ2n) is 4.35. The molecule has 4 nitrogen and oxygen atoms in total. The van der Waals surface area contributed by atoms with Crippen molar-refractivity contribution in [3.63, 3.8) is 0 Å². The maximum atomic E-state index is 12.1. The molecule has 2 aromatic rings. The first-order valence-corrected chi connectivity index (χ1v) is 7.10. The highest BCUT2D eigenvalue weighted by Gasteiger charge is 2.11. The first-order valence-electron chi connectivity index (χ1n) is 6.34. The highest BCUT2D eigenvalue weighted by atomic mass is 35.5. The minimum absolute atomic E-state index is 0.0705. The zero-order valence-corrected chi connectivity index (χ0v) is 12.9. The summed E-state index contributed by atoms with van der Waals surface area (Å²) < 4.78 is 0. The van der Waals surface area contributed by atoms with Gasteiger partial charge in [0.15, 0.2) is 0 Å². The Kier molecular flexibility index (Phi) is 5.54. The second kappa shape index (κ2) is 7.60. The van der Waals surface area contributed by atoms with Crippen molar-refractivity contribution in [2.24, 2.45) is 0 Å². The highest BCUT2D eigenvalue weighted by molar-refractivity contribution is 6.37. The molecule has 6 heteroatoms. The summed E-state index contributed by atoms with van der Waals surface area (Å²) >= 11 is 12.1. The summed E-state index contributed by atoms with van der Waals surface area (Å²) in [5, 5.41) is 12.6. The predicted molar refractivity (Wildman–Crippen MR) is 86.1 cm³/mol. The van der Waals surface area contributed by atoms with Gasteiger partial charge >= 0.3 is 0 Å². The number of aromatic nitrogens is 1. The van der Waals surface area contributed by atoms with Gasteiger partial charge in [0.05, 0.1) is 0 Å². The van der Waals surface area contributed by atoms with E-state index in [1.54, 1.807) is 36.7 Å². The number of amides is 1. The van der Waals surface area contributed by atoms with Gasteiger partial charge in [-0.25, -0.2) is 0 Å². The predicted octanol–water partition coefficient (Wildman–Crippen LogP) is 3.61. The minimum atomic E-state index is -0.498. The lowest BCUT2D eigenvalue weighted by Gasteiger charge is -2.05. The number of rotatable bonds is 4. The molecule has 0 fully saturated rings. The largest absolute Gasteiger partial charge is 0.347 e. The van der Waals surface area contributed by atoms with Crippen LogP contribution in [0.4, 0.5) is 0 Å². The van der Waals surface area contributed by atoms with E-state index in [-0.39, 0.29) is 12.1 Å². The third kappa shape index (κ3) is 4.08. The molecule has 0 aliphatic carbocycles. The average molecular weight is 332 g/mol. The van der Waals surface area contributed by atoms with Crippen molar-refractivity contribution >= 4 is 35.2 Å². The molecular formula is C16H11Cl2N3O. The Morgan fingerprint density at radius 3 is 2.59 bits per heavy atom. The van der Waals surface area contributed by atoms with Gasteiger partial charge in [-0.3, -0.25) is 9.78 Å². The molecule has 0 radical (unpaired) electrons. The van der Waals surface area contributed by atoms with Crippen molar-refractivity contribution in [2.45, 2.75) is 6.54 Å². The summed E-state index contributed by atoms with van der Waals surface area (Å²) in [6.45, 7) is 0.280. The monoisotopic (exact) mass is 331 g/mol. The van der Waals surface area contributed by atoms with E-state index < -0.39 is 5.91 Å². The van der Waals surface area contributed by atoms with Gasteiger partial charge in [0.1, 0.15) is 11.6 Å². The second-order valence-corrected chi connectivity index (χ2v) is 5.16. The fourth-order valence-corrected chi connectivity index (χ4v) is 2.23. The van der Waals surface area contributed by atoms with Crippen molar-refractivity contribution in [1.29, 1.82) is 5.26 Å². The normalized spacial score (nSPS) is 10.9. The minimum Gasteiger partial charge on any atom is -0.347 e. The van der Waals surface area contributed by atoms with E-state index in [4.69, 9.17) is 28.5 Å². The first-order chi connectivity index (χ1) is 10.6. The Labute approximate surface area is 138 Å². The van der Waals surface area contributed by atoms with E-state index in [0.29, 0.717) is 15.6 Å². The molecule has 1 aromatic carbocycles. The van der Waals surface area contributed by atoms with Crippen LogP contribution in [0, 0.1) is 11.3 Å². The molecule has 0 aliphatic heterocycles. The van der Waals surface area contributed by atoms with Gasteiger partial charge in [0, 0.05) is 34.5 Å². The quantitative estimate of drug-likeness (QED) is 0.687. The van der Waals surface area contributed by atoms with Crippen LogP contribution in [0.2, 0.25) is 10.0 Å². The van der Waals surface area contributed by atoms with E-state index in [2.05, 4.69) is 10.3 Å². The van der Waals surface area contributed by atoms with E-state index >= 15 is 0 Å².